The van der Waals surface area contributed by atoms with Gasteiger partial charge in [0.2, 0.25) is 0 Å². The summed E-state index contributed by atoms with van der Waals surface area (Å²) in [5, 5.41) is 5.96. The molecule has 1 atom stereocenters. The minimum absolute atomic E-state index is 0.0376. The second-order valence-corrected chi connectivity index (χ2v) is 7.88. The molecule has 1 aliphatic heterocycles. The number of sulfone groups is 1. The first-order valence-corrected chi connectivity index (χ1v) is 9.35. The first-order valence-electron chi connectivity index (χ1n) is 6.24. The molecule has 0 aliphatic carbocycles. The summed E-state index contributed by atoms with van der Waals surface area (Å²) in [6.45, 7) is 1.94. The van der Waals surface area contributed by atoms with E-state index in [-0.39, 0.29) is 16.8 Å². The van der Waals surface area contributed by atoms with Gasteiger partial charge in [-0.15, -0.1) is 0 Å². The highest BCUT2D eigenvalue weighted by molar-refractivity contribution is 8.02. The third-order valence-corrected chi connectivity index (χ3v) is 5.77. The largest absolute Gasteiger partial charge is 0.437 e. The van der Waals surface area contributed by atoms with Crippen molar-refractivity contribution in [2.24, 2.45) is 5.16 Å². The molecule has 114 valence electrons. The highest BCUT2D eigenvalue weighted by Gasteiger charge is 2.34. The molecule has 0 radical (unpaired) electrons. The number of carbonyl (C=O) groups is 1. The van der Waals surface area contributed by atoms with E-state index in [0.29, 0.717) is 11.4 Å². The molecule has 0 bridgehead atoms. The number of benzene rings is 1. The van der Waals surface area contributed by atoms with Crippen LogP contribution >= 0.6 is 11.8 Å². The Bertz CT molecular complexity index is 653. The second kappa shape index (κ2) is 6.48. The molecule has 1 saturated heterocycles. The summed E-state index contributed by atoms with van der Waals surface area (Å²) in [7, 11) is -3.13. The molecule has 21 heavy (non-hydrogen) atoms. The maximum Gasteiger partial charge on any atom is 0.437 e. The molecule has 8 heteroatoms. The summed E-state index contributed by atoms with van der Waals surface area (Å²) in [4.78, 5) is 16.4. The average molecular weight is 328 g/mol. The maximum atomic E-state index is 11.6. The molecule has 6 nitrogen and oxygen atoms in total. The lowest BCUT2D eigenvalue weighted by Gasteiger charge is -2.06. The molecule has 1 amide bonds. The van der Waals surface area contributed by atoms with Gasteiger partial charge in [0.1, 0.15) is 0 Å². The molecule has 1 heterocycles. The van der Waals surface area contributed by atoms with Crippen LogP contribution in [-0.2, 0) is 14.7 Å². The Balaban J connectivity index is 1.97. The van der Waals surface area contributed by atoms with E-state index in [9.17, 15) is 13.2 Å². The fourth-order valence-corrected chi connectivity index (χ4v) is 5.02. The number of thioether (sulfide) groups is 1. The van der Waals surface area contributed by atoms with Gasteiger partial charge < -0.3 is 0 Å². The summed E-state index contributed by atoms with van der Waals surface area (Å²) < 4.78 is 23.1. The first-order chi connectivity index (χ1) is 9.89. The fourth-order valence-electron chi connectivity index (χ4n) is 1.87. The minimum Gasteiger partial charge on any atom is -0.298 e. The monoisotopic (exact) mass is 328 g/mol. The van der Waals surface area contributed by atoms with Gasteiger partial charge in [-0.05, 0) is 25.3 Å². The van der Waals surface area contributed by atoms with Crippen molar-refractivity contribution in [1.29, 1.82) is 0 Å². The Morgan fingerprint density at radius 2 is 2.05 bits per heavy atom. The molecule has 1 aromatic carbocycles. The van der Waals surface area contributed by atoms with Gasteiger partial charge in [0.25, 0.3) is 0 Å². The van der Waals surface area contributed by atoms with Crippen LogP contribution < -0.4 is 5.32 Å². The molecule has 2 rings (SSSR count). The van der Waals surface area contributed by atoms with Gasteiger partial charge in [-0.1, -0.05) is 22.9 Å². The number of carbonyl (C=O) groups excluding carboxylic acids is 1. The average Bonchev–Trinajstić information content (AvgIpc) is 2.73. The minimum atomic E-state index is -3.13. The predicted molar refractivity (Wildman–Crippen MR) is 84.7 cm³/mol. The number of rotatable bonds is 3. The summed E-state index contributed by atoms with van der Waals surface area (Å²) in [5.74, 6) is -0.119. The van der Waals surface area contributed by atoms with E-state index in [1.165, 1.54) is 11.8 Å². The van der Waals surface area contributed by atoms with Gasteiger partial charge in [-0.25, -0.2) is 13.2 Å². The lowest BCUT2D eigenvalue weighted by Crippen LogP contribution is -2.17. The standard InChI is InChI=1S/C13H16N2O4S2/c1-9-3-5-10(6-4-9)14-13(16)19-15-11-7-21(17,18)8-12(11)20-2/h3-6,12H,7-8H2,1-2H3,(H,14,16)/t12-/m0/s1. The summed E-state index contributed by atoms with van der Waals surface area (Å²) in [6.07, 6.45) is 1.06. The number of aryl methyl sites for hydroxylation is 1. The highest BCUT2D eigenvalue weighted by atomic mass is 32.2. The SMILES string of the molecule is CS[C@H]1CS(=O)(=O)CC1=NOC(=O)Nc1ccc(C)cc1. The van der Waals surface area contributed by atoms with Crippen LogP contribution in [0.25, 0.3) is 0 Å². The fraction of sp³-hybridized carbons (Fsp3) is 0.385. The number of nitrogens with one attached hydrogen (secondary N) is 1. The Kier molecular flexibility index (Phi) is 4.89. The first kappa shape index (κ1) is 15.8. The lowest BCUT2D eigenvalue weighted by atomic mass is 10.2. The van der Waals surface area contributed by atoms with Gasteiger partial charge in [-0.3, -0.25) is 10.2 Å². The van der Waals surface area contributed by atoms with E-state index in [0.717, 1.165) is 5.56 Å². The van der Waals surface area contributed by atoms with Crippen molar-refractivity contribution in [2.45, 2.75) is 12.2 Å². The lowest BCUT2D eigenvalue weighted by molar-refractivity contribution is 0.166. The smallest absolute Gasteiger partial charge is 0.298 e. The van der Waals surface area contributed by atoms with Crippen molar-refractivity contribution in [3.8, 4) is 0 Å². The van der Waals surface area contributed by atoms with Crippen LogP contribution in [0.15, 0.2) is 29.4 Å². The van der Waals surface area contributed by atoms with Gasteiger partial charge in [-0.2, -0.15) is 11.8 Å². The number of amides is 1. The van der Waals surface area contributed by atoms with Crippen LogP contribution in [0.2, 0.25) is 0 Å². The van der Waals surface area contributed by atoms with Gasteiger partial charge in [0.05, 0.1) is 22.5 Å². The molecule has 1 N–H and O–H groups in total. The number of anilines is 1. The Labute approximate surface area is 127 Å². The normalized spacial score (nSPS) is 22.2. The molecule has 0 spiro atoms. The Morgan fingerprint density at radius 3 is 2.67 bits per heavy atom. The quantitative estimate of drug-likeness (QED) is 0.678. The van der Waals surface area contributed by atoms with Crippen molar-refractivity contribution in [3.05, 3.63) is 29.8 Å². The predicted octanol–water partition coefficient (Wildman–Crippen LogP) is 2.06. The molecule has 0 saturated carbocycles. The molecule has 1 aromatic rings. The molecule has 0 aromatic heterocycles. The molecular formula is C13H16N2O4S2. The van der Waals surface area contributed by atoms with Crippen molar-refractivity contribution in [3.63, 3.8) is 0 Å². The maximum absolute atomic E-state index is 11.6. The van der Waals surface area contributed by atoms with Crippen molar-refractivity contribution < 1.29 is 18.0 Å². The molecule has 1 aliphatic rings. The van der Waals surface area contributed by atoms with Crippen LogP contribution in [0.1, 0.15) is 5.56 Å². The van der Waals surface area contributed by atoms with Gasteiger partial charge >= 0.3 is 6.09 Å². The van der Waals surface area contributed by atoms with Crippen molar-refractivity contribution >= 4 is 39.1 Å². The van der Waals surface area contributed by atoms with Crippen molar-refractivity contribution in [1.82, 2.24) is 0 Å². The van der Waals surface area contributed by atoms with E-state index in [1.54, 1.807) is 18.4 Å². The third kappa shape index (κ3) is 4.47. The van der Waals surface area contributed by atoms with Gasteiger partial charge in [0.15, 0.2) is 9.84 Å². The van der Waals surface area contributed by atoms with Crippen LogP contribution in [-0.4, -0.2) is 43.2 Å². The topological polar surface area (TPSA) is 84.8 Å². The van der Waals surface area contributed by atoms with E-state index in [4.69, 9.17) is 4.84 Å². The Morgan fingerprint density at radius 1 is 1.38 bits per heavy atom. The number of nitrogens with zero attached hydrogens (tertiary/aromatic N) is 1. The van der Waals surface area contributed by atoms with E-state index in [1.807, 2.05) is 19.1 Å². The van der Waals surface area contributed by atoms with E-state index >= 15 is 0 Å². The van der Waals surface area contributed by atoms with E-state index in [2.05, 4.69) is 10.5 Å². The summed E-state index contributed by atoms with van der Waals surface area (Å²) in [5.41, 5.74) is 2.04. The van der Waals surface area contributed by atoms with Crippen molar-refractivity contribution in [2.75, 3.05) is 23.1 Å². The summed E-state index contributed by atoms with van der Waals surface area (Å²) >= 11 is 1.38. The third-order valence-electron chi connectivity index (χ3n) is 2.97. The molecular weight excluding hydrogens is 312 g/mol. The zero-order chi connectivity index (χ0) is 15.5. The van der Waals surface area contributed by atoms with Crippen LogP contribution in [0.5, 0.6) is 0 Å². The zero-order valence-corrected chi connectivity index (χ0v) is 13.3. The van der Waals surface area contributed by atoms with Crippen LogP contribution in [0, 0.1) is 6.92 Å². The summed E-state index contributed by atoms with van der Waals surface area (Å²) in [6, 6.07) is 7.20. The second-order valence-electron chi connectivity index (χ2n) is 4.73. The number of oxime groups is 1. The van der Waals surface area contributed by atoms with Gasteiger partial charge in [0, 0.05) is 5.69 Å². The molecule has 0 unspecified atom stereocenters. The van der Waals surface area contributed by atoms with E-state index < -0.39 is 15.9 Å². The Hall–Kier alpha value is -1.54. The number of hydrogen-bond acceptors (Lipinski definition) is 6. The highest BCUT2D eigenvalue weighted by Crippen LogP contribution is 2.20. The van der Waals surface area contributed by atoms with Crippen LogP contribution in [0.4, 0.5) is 10.5 Å². The number of hydrogen-bond donors (Lipinski definition) is 1. The zero-order valence-electron chi connectivity index (χ0n) is 11.7. The van der Waals surface area contributed by atoms with Crippen LogP contribution in [0.3, 0.4) is 0 Å². The molecule has 1 fully saturated rings.